The quantitative estimate of drug-likeness (QED) is 0.554. The number of rotatable bonds is 7. The van der Waals surface area contributed by atoms with E-state index in [-0.39, 0.29) is 24.7 Å². The maximum absolute atomic E-state index is 11.4. The fourth-order valence-corrected chi connectivity index (χ4v) is 1.37. The van der Waals surface area contributed by atoms with Crippen LogP contribution in [0.1, 0.15) is 26.7 Å². The summed E-state index contributed by atoms with van der Waals surface area (Å²) in [6.07, 6.45) is 0.463. The highest BCUT2D eigenvalue weighted by molar-refractivity contribution is 5.87. The minimum atomic E-state index is -0.943. The lowest BCUT2D eigenvalue weighted by atomic mass is 9.91. The Morgan fingerprint density at radius 1 is 1.33 bits per heavy atom. The number of nitrogens with two attached hydrogens (primary N) is 2. The molecule has 0 saturated carbocycles. The normalized spacial score (nSPS) is 15.0. The van der Waals surface area contributed by atoms with Gasteiger partial charge in [0.15, 0.2) is 5.78 Å². The van der Waals surface area contributed by atoms with Crippen LogP contribution in [0, 0.1) is 11.8 Å². The Balaban J connectivity index is 4.29. The fourth-order valence-electron chi connectivity index (χ4n) is 1.37. The van der Waals surface area contributed by atoms with Gasteiger partial charge >= 0.3 is 5.97 Å². The average Bonchev–Trinajstić information content (AvgIpc) is 2.14. The second-order valence-corrected chi connectivity index (χ2v) is 4.18. The third-order valence-corrected chi connectivity index (χ3v) is 2.22. The zero-order valence-electron chi connectivity index (χ0n) is 9.27. The molecular formula is C10H20N2O3. The van der Waals surface area contributed by atoms with Crippen LogP contribution in [0.4, 0.5) is 0 Å². The number of ketones is 1. The smallest absolute Gasteiger partial charge is 0.306 e. The predicted octanol–water partition coefficient (Wildman–Crippen LogP) is -0.0215. The highest BCUT2D eigenvalue weighted by atomic mass is 16.4. The summed E-state index contributed by atoms with van der Waals surface area (Å²) >= 11 is 0. The van der Waals surface area contributed by atoms with Crippen molar-refractivity contribution in [1.82, 2.24) is 0 Å². The maximum atomic E-state index is 11.4. The number of carboxylic acids is 1. The molecule has 2 atom stereocenters. The third kappa shape index (κ3) is 5.49. The van der Waals surface area contributed by atoms with Crippen molar-refractivity contribution in [3.05, 3.63) is 0 Å². The first-order valence-electron chi connectivity index (χ1n) is 5.09. The molecule has 0 bridgehead atoms. The van der Waals surface area contributed by atoms with E-state index in [4.69, 9.17) is 16.6 Å². The molecule has 0 aliphatic carbocycles. The summed E-state index contributed by atoms with van der Waals surface area (Å²) in [4.78, 5) is 22.3. The molecular weight excluding hydrogens is 196 g/mol. The molecule has 0 aromatic heterocycles. The lowest BCUT2D eigenvalue weighted by molar-refractivity contribution is -0.144. The van der Waals surface area contributed by atoms with E-state index in [1.165, 1.54) is 0 Å². The second kappa shape index (κ2) is 6.53. The Labute approximate surface area is 89.8 Å². The van der Waals surface area contributed by atoms with Gasteiger partial charge in [-0.1, -0.05) is 13.8 Å². The van der Waals surface area contributed by atoms with E-state index in [2.05, 4.69) is 0 Å². The first-order valence-corrected chi connectivity index (χ1v) is 5.09. The number of carboxylic acid groups (broad SMARTS) is 1. The van der Waals surface area contributed by atoms with E-state index in [1.807, 2.05) is 13.8 Å². The van der Waals surface area contributed by atoms with Crippen LogP contribution in [0.15, 0.2) is 0 Å². The van der Waals surface area contributed by atoms with E-state index in [9.17, 15) is 9.59 Å². The van der Waals surface area contributed by atoms with Crippen LogP contribution in [0.3, 0.4) is 0 Å². The molecule has 5 nitrogen and oxygen atoms in total. The van der Waals surface area contributed by atoms with Gasteiger partial charge in [-0.25, -0.2) is 0 Å². The zero-order valence-corrected chi connectivity index (χ0v) is 9.27. The minimum Gasteiger partial charge on any atom is -0.481 e. The molecule has 0 aliphatic heterocycles. The van der Waals surface area contributed by atoms with Crippen molar-refractivity contribution in [1.29, 1.82) is 0 Å². The average molecular weight is 216 g/mol. The van der Waals surface area contributed by atoms with Gasteiger partial charge in [-0.3, -0.25) is 9.59 Å². The van der Waals surface area contributed by atoms with Crippen LogP contribution in [0.25, 0.3) is 0 Å². The molecule has 0 aromatic rings. The van der Waals surface area contributed by atoms with Crippen molar-refractivity contribution in [3.63, 3.8) is 0 Å². The number of carbonyl (C=O) groups excluding carboxylic acids is 1. The van der Waals surface area contributed by atoms with Crippen LogP contribution in [0.2, 0.25) is 0 Å². The summed E-state index contributed by atoms with van der Waals surface area (Å²) in [7, 11) is 0. The molecule has 0 unspecified atom stereocenters. The molecule has 0 saturated heterocycles. The first-order chi connectivity index (χ1) is 6.88. The van der Waals surface area contributed by atoms with Crippen LogP contribution in [-0.2, 0) is 9.59 Å². The molecule has 88 valence electrons. The SMILES string of the molecule is CC(C)C[C@@H](CC(=O)[C@@H](N)CN)C(=O)O. The Morgan fingerprint density at radius 3 is 2.20 bits per heavy atom. The van der Waals surface area contributed by atoms with Gasteiger partial charge in [0.25, 0.3) is 0 Å². The van der Waals surface area contributed by atoms with Crippen LogP contribution in [0.5, 0.6) is 0 Å². The van der Waals surface area contributed by atoms with E-state index < -0.39 is 17.9 Å². The van der Waals surface area contributed by atoms with Crippen molar-refractivity contribution < 1.29 is 14.7 Å². The van der Waals surface area contributed by atoms with E-state index in [1.54, 1.807) is 0 Å². The molecule has 0 amide bonds. The van der Waals surface area contributed by atoms with Crippen molar-refractivity contribution in [2.45, 2.75) is 32.7 Å². The number of hydrogen-bond donors (Lipinski definition) is 3. The van der Waals surface area contributed by atoms with Gasteiger partial charge in [0, 0.05) is 13.0 Å². The standard InChI is InChI=1S/C10H20N2O3/c1-6(2)3-7(10(14)15)4-9(13)8(12)5-11/h6-8H,3-5,11-12H2,1-2H3,(H,14,15)/t7-,8-/m0/s1. The summed E-state index contributed by atoms with van der Waals surface area (Å²) in [6.45, 7) is 3.90. The van der Waals surface area contributed by atoms with Crippen LogP contribution in [-0.4, -0.2) is 29.4 Å². The van der Waals surface area contributed by atoms with Gasteiger partial charge in [0.1, 0.15) is 0 Å². The largest absolute Gasteiger partial charge is 0.481 e. The van der Waals surface area contributed by atoms with Gasteiger partial charge in [0.05, 0.1) is 12.0 Å². The van der Waals surface area contributed by atoms with E-state index in [0.717, 1.165) is 0 Å². The van der Waals surface area contributed by atoms with E-state index in [0.29, 0.717) is 6.42 Å². The molecule has 0 aromatic carbocycles. The fraction of sp³-hybridized carbons (Fsp3) is 0.800. The van der Waals surface area contributed by atoms with Crippen LogP contribution >= 0.6 is 0 Å². The van der Waals surface area contributed by atoms with Gasteiger partial charge in [-0.05, 0) is 12.3 Å². The Kier molecular flexibility index (Phi) is 6.12. The molecule has 0 fully saturated rings. The van der Waals surface area contributed by atoms with E-state index >= 15 is 0 Å². The Bertz CT molecular complexity index is 229. The lowest BCUT2D eigenvalue weighted by Gasteiger charge is -2.15. The van der Waals surface area contributed by atoms with Gasteiger partial charge < -0.3 is 16.6 Å². The van der Waals surface area contributed by atoms with Gasteiger partial charge in [-0.15, -0.1) is 0 Å². The minimum absolute atomic E-state index is 0.0219. The number of aliphatic carboxylic acids is 1. The molecule has 15 heavy (non-hydrogen) atoms. The van der Waals surface area contributed by atoms with Gasteiger partial charge in [0.2, 0.25) is 0 Å². The Hall–Kier alpha value is -0.940. The second-order valence-electron chi connectivity index (χ2n) is 4.18. The molecule has 0 spiro atoms. The number of hydrogen-bond acceptors (Lipinski definition) is 4. The highest BCUT2D eigenvalue weighted by Gasteiger charge is 2.24. The predicted molar refractivity (Wildman–Crippen MR) is 57.2 cm³/mol. The summed E-state index contributed by atoms with van der Waals surface area (Å²) in [5.41, 5.74) is 10.7. The van der Waals surface area contributed by atoms with Crippen molar-refractivity contribution in [2.24, 2.45) is 23.3 Å². The molecule has 0 aliphatic rings. The molecule has 0 heterocycles. The lowest BCUT2D eigenvalue weighted by Crippen LogP contribution is -2.39. The third-order valence-electron chi connectivity index (χ3n) is 2.22. The number of Topliss-reactive ketones (excluding diaryl/α,β-unsaturated/α-hetero) is 1. The Morgan fingerprint density at radius 2 is 1.87 bits per heavy atom. The topological polar surface area (TPSA) is 106 Å². The summed E-state index contributed by atoms with van der Waals surface area (Å²) in [6, 6.07) is -0.737. The summed E-state index contributed by atoms with van der Waals surface area (Å²) < 4.78 is 0. The molecule has 0 rings (SSSR count). The molecule has 5 heteroatoms. The molecule has 5 N–H and O–H groups in total. The summed E-state index contributed by atoms with van der Waals surface area (Å²) in [5, 5.41) is 8.90. The van der Waals surface area contributed by atoms with Gasteiger partial charge in [-0.2, -0.15) is 0 Å². The molecule has 0 radical (unpaired) electrons. The zero-order chi connectivity index (χ0) is 12.0. The highest BCUT2D eigenvalue weighted by Crippen LogP contribution is 2.16. The monoisotopic (exact) mass is 216 g/mol. The number of carbonyl (C=O) groups is 2. The first kappa shape index (κ1) is 14.1. The maximum Gasteiger partial charge on any atom is 0.306 e. The summed E-state index contributed by atoms with van der Waals surface area (Å²) in [5.74, 6) is -1.62. The van der Waals surface area contributed by atoms with Crippen molar-refractivity contribution in [3.8, 4) is 0 Å². The van der Waals surface area contributed by atoms with Crippen LogP contribution < -0.4 is 11.5 Å². The van der Waals surface area contributed by atoms with Crippen molar-refractivity contribution in [2.75, 3.05) is 6.54 Å². The van der Waals surface area contributed by atoms with Crippen molar-refractivity contribution >= 4 is 11.8 Å².